The predicted molar refractivity (Wildman–Crippen MR) is 60.9 cm³/mol. The van der Waals surface area contributed by atoms with E-state index in [2.05, 4.69) is 21.2 Å². The van der Waals surface area contributed by atoms with Crippen molar-refractivity contribution in [2.75, 3.05) is 6.54 Å². The van der Waals surface area contributed by atoms with Crippen molar-refractivity contribution in [1.82, 2.24) is 5.32 Å². The summed E-state index contributed by atoms with van der Waals surface area (Å²) in [5, 5.41) is 11.7. The molecule has 16 heavy (non-hydrogen) atoms. The minimum atomic E-state index is -0.877. The molecular weight excluding hydrogens is 277 g/mol. The molecule has 0 amide bonds. The summed E-state index contributed by atoms with van der Waals surface area (Å²) in [4.78, 5) is 10.8. The Bertz CT molecular complexity index is 424. The van der Waals surface area contributed by atoms with Crippen LogP contribution < -0.4 is 5.32 Å². The van der Waals surface area contributed by atoms with Gasteiger partial charge >= 0.3 is 5.97 Å². The molecule has 1 heterocycles. The Hall–Kier alpha value is -0.940. The van der Waals surface area contributed by atoms with E-state index >= 15 is 0 Å². The highest BCUT2D eigenvalue weighted by Gasteiger charge is 2.31. The number of nitrogens with one attached hydrogen (secondary N) is 1. The topological polar surface area (TPSA) is 49.3 Å². The number of benzene rings is 1. The van der Waals surface area contributed by atoms with Crippen LogP contribution in [0.1, 0.15) is 17.9 Å². The summed E-state index contributed by atoms with van der Waals surface area (Å²) >= 11 is 3.28. The number of hydrogen-bond acceptors (Lipinski definition) is 2. The lowest BCUT2D eigenvalue weighted by Gasteiger charge is -2.10. The minimum absolute atomic E-state index is 0.0707. The summed E-state index contributed by atoms with van der Waals surface area (Å²) in [5.74, 6) is -1.22. The van der Waals surface area contributed by atoms with E-state index in [0.717, 1.165) is 4.47 Å². The Balaban J connectivity index is 2.20. The zero-order chi connectivity index (χ0) is 11.7. The monoisotopic (exact) mass is 287 g/mol. The third-order valence-electron chi connectivity index (χ3n) is 2.83. The Labute approximate surface area is 101 Å². The molecule has 1 aromatic rings. The molecule has 0 aliphatic carbocycles. The third-order valence-corrected chi connectivity index (χ3v) is 3.32. The molecule has 3 nitrogen and oxygen atoms in total. The minimum Gasteiger partial charge on any atom is -0.480 e. The van der Waals surface area contributed by atoms with Crippen LogP contribution in [0.5, 0.6) is 0 Å². The summed E-state index contributed by atoms with van der Waals surface area (Å²) in [5.41, 5.74) is 0.575. The number of carbonyl (C=O) groups is 1. The molecule has 0 radical (unpaired) electrons. The van der Waals surface area contributed by atoms with E-state index in [9.17, 15) is 9.18 Å². The highest BCUT2D eigenvalue weighted by atomic mass is 79.9. The first-order valence-corrected chi connectivity index (χ1v) is 5.78. The molecule has 2 unspecified atom stereocenters. The van der Waals surface area contributed by atoms with E-state index in [1.54, 1.807) is 12.1 Å². The first-order valence-electron chi connectivity index (χ1n) is 4.99. The molecule has 1 saturated heterocycles. The van der Waals surface area contributed by atoms with Gasteiger partial charge in [0.25, 0.3) is 0 Å². The van der Waals surface area contributed by atoms with Crippen LogP contribution in [0.4, 0.5) is 4.39 Å². The first kappa shape index (κ1) is 11.5. The van der Waals surface area contributed by atoms with Crippen LogP contribution in [0.3, 0.4) is 0 Å². The van der Waals surface area contributed by atoms with Gasteiger partial charge in [0.05, 0.1) is 0 Å². The smallest absolute Gasteiger partial charge is 0.320 e. The fourth-order valence-corrected chi connectivity index (χ4v) is 2.37. The Kier molecular flexibility index (Phi) is 3.25. The van der Waals surface area contributed by atoms with Crippen molar-refractivity contribution in [3.8, 4) is 0 Å². The molecule has 0 aromatic heterocycles. The third kappa shape index (κ3) is 2.25. The zero-order valence-corrected chi connectivity index (χ0v) is 10.00. The van der Waals surface area contributed by atoms with Crippen molar-refractivity contribution in [2.45, 2.75) is 18.4 Å². The van der Waals surface area contributed by atoms with E-state index in [1.807, 2.05) is 0 Å². The largest absolute Gasteiger partial charge is 0.480 e. The van der Waals surface area contributed by atoms with Crippen molar-refractivity contribution in [3.63, 3.8) is 0 Å². The lowest BCUT2D eigenvalue weighted by atomic mass is 9.96. The molecule has 2 atom stereocenters. The fraction of sp³-hybridized carbons (Fsp3) is 0.364. The average molecular weight is 288 g/mol. The first-order chi connectivity index (χ1) is 7.58. The maximum absolute atomic E-state index is 13.6. The van der Waals surface area contributed by atoms with Gasteiger partial charge in [0, 0.05) is 16.9 Å². The number of hydrogen-bond donors (Lipinski definition) is 2. The fourth-order valence-electron chi connectivity index (χ4n) is 1.99. The number of carboxylic acid groups (broad SMARTS) is 1. The van der Waals surface area contributed by atoms with Gasteiger partial charge in [0.1, 0.15) is 11.9 Å². The van der Waals surface area contributed by atoms with Gasteiger partial charge in [-0.3, -0.25) is 4.79 Å². The Morgan fingerprint density at radius 1 is 1.56 bits per heavy atom. The molecule has 1 aliphatic rings. The molecule has 0 bridgehead atoms. The molecule has 1 aliphatic heterocycles. The quantitative estimate of drug-likeness (QED) is 0.876. The second-order valence-electron chi connectivity index (χ2n) is 3.90. The number of halogens is 2. The van der Waals surface area contributed by atoms with Gasteiger partial charge in [-0.15, -0.1) is 0 Å². The van der Waals surface area contributed by atoms with E-state index < -0.39 is 12.0 Å². The van der Waals surface area contributed by atoms with Gasteiger partial charge in [-0.05, 0) is 30.2 Å². The van der Waals surface area contributed by atoms with Gasteiger partial charge in [0.15, 0.2) is 0 Å². The summed E-state index contributed by atoms with van der Waals surface area (Å²) in [6, 6.07) is 4.18. The van der Waals surface area contributed by atoms with Crippen LogP contribution in [-0.4, -0.2) is 23.7 Å². The maximum atomic E-state index is 13.6. The van der Waals surface area contributed by atoms with Gasteiger partial charge < -0.3 is 10.4 Å². The molecule has 2 N–H and O–H groups in total. The van der Waals surface area contributed by atoms with E-state index in [1.165, 1.54) is 6.07 Å². The number of carboxylic acids is 1. The van der Waals surface area contributed by atoms with Gasteiger partial charge in [-0.25, -0.2) is 4.39 Å². The standard InChI is InChI=1S/C11H11BrFNO2/c12-7-1-2-9(13)8(4-7)6-3-10(11(15)16)14-5-6/h1-2,4,6,10,14H,3,5H2,(H,15,16). The summed E-state index contributed by atoms with van der Waals surface area (Å²) in [7, 11) is 0. The van der Waals surface area contributed by atoms with Crippen LogP contribution in [0.15, 0.2) is 22.7 Å². The molecule has 1 aromatic carbocycles. The highest BCUT2D eigenvalue weighted by molar-refractivity contribution is 9.10. The molecular formula is C11H11BrFNO2. The second kappa shape index (κ2) is 4.51. The van der Waals surface area contributed by atoms with Gasteiger partial charge in [0.2, 0.25) is 0 Å². The van der Waals surface area contributed by atoms with Crippen molar-refractivity contribution in [2.24, 2.45) is 0 Å². The van der Waals surface area contributed by atoms with Crippen molar-refractivity contribution in [3.05, 3.63) is 34.1 Å². The van der Waals surface area contributed by atoms with Crippen LogP contribution in [-0.2, 0) is 4.79 Å². The summed E-state index contributed by atoms with van der Waals surface area (Å²) < 4.78 is 14.4. The van der Waals surface area contributed by atoms with Crippen molar-refractivity contribution in [1.29, 1.82) is 0 Å². The normalized spacial score (nSPS) is 24.6. The van der Waals surface area contributed by atoms with Gasteiger partial charge in [-0.1, -0.05) is 15.9 Å². The van der Waals surface area contributed by atoms with Crippen LogP contribution in [0.2, 0.25) is 0 Å². The SMILES string of the molecule is O=C(O)C1CC(c2cc(Br)ccc2F)CN1. The lowest BCUT2D eigenvalue weighted by molar-refractivity contribution is -0.139. The summed E-state index contributed by atoms with van der Waals surface area (Å²) in [6.07, 6.45) is 0.433. The van der Waals surface area contributed by atoms with E-state index in [-0.39, 0.29) is 11.7 Å². The lowest BCUT2D eigenvalue weighted by Crippen LogP contribution is -2.29. The molecule has 1 fully saturated rings. The Morgan fingerprint density at radius 2 is 2.31 bits per heavy atom. The van der Waals surface area contributed by atoms with E-state index in [4.69, 9.17) is 5.11 Å². The van der Waals surface area contributed by atoms with Crippen LogP contribution >= 0.6 is 15.9 Å². The van der Waals surface area contributed by atoms with Crippen LogP contribution in [0.25, 0.3) is 0 Å². The zero-order valence-electron chi connectivity index (χ0n) is 8.41. The number of rotatable bonds is 2. The van der Waals surface area contributed by atoms with E-state index in [0.29, 0.717) is 18.5 Å². The van der Waals surface area contributed by atoms with Crippen LogP contribution in [0, 0.1) is 5.82 Å². The molecule has 2 rings (SSSR count). The van der Waals surface area contributed by atoms with Crippen molar-refractivity contribution >= 4 is 21.9 Å². The van der Waals surface area contributed by atoms with Crippen molar-refractivity contribution < 1.29 is 14.3 Å². The molecule has 86 valence electrons. The molecule has 0 spiro atoms. The predicted octanol–water partition coefficient (Wildman–Crippen LogP) is 2.12. The highest BCUT2D eigenvalue weighted by Crippen LogP contribution is 2.29. The van der Waals surface area contributed by atoms with Gasteiger partial charge in [-0.2, -0.15) is 0 Å². The summed E-state index contributed by atoms with van der Waals surface area (Å²) in [6.45, 7) is 0.504. The number of aliphatic carboxylic acids is 1. The second-order valence-corrected chi connectivity index (χ2v) is 4.81. The molecule has 0 saturated carbocycles. The maximum Gasteiger partial charge on any atom is 0.320 e. The Morgan fingerprint density at radius 3 is 2.94 bits per heavy atom. The molecule has 5 heteroatoms. The average Bonchev–Trinajstić information content (AvgIpc) is 2.70.